The molecular formula is C14H17N3O. The molecule has 4 heteroatoms. The molecule has 1 heterocycles. The van der Waals surface area contributed by atoms with Crippen molar-refractivity contribution < 1.29 is 4.74 Å². The van der Waals surface area contributed by atoms with E-state index < -0.39 is 0 Å². The molecule has 0 amide bonds. The minimum Gasteiger partial charge on any atom is -0.496 e. The zero-order chi connectivity index (χ0) is 13.1. The molecule has 1 aromatic carbocycles. The number of hydrogen-bond donors (Lipinski definition) is 1. The molecule has 2 rings (SSSR count). The molecule has 18 heavy (non-hydrogen) atoms. The molecule has 0 unspecified atom stereocenters. The van der Waals surface area contributed by atoms with E-state index in [0.29, 0.717) is 5.82 Å². The third-order valence-electron chi connectivity index (χ3n) is 2.86. The summed E-state index contributed by atoms with van der Waals surface area (Å²) in [6, 6.07) is 7.64. The fourth-order valence-electron chi connectivity index (χ4n) is 1.88. The van der Waals surface area contributed by atoms with Crippen molar-refractivity contribution in [3.63, 3.8) is 0 Å². The maximum Gasteiger partial charge on any atom is 0.163 e. The Hall–Kier alpha value is -1.94. The van der Waals surface area contributed by atoms with Gasteiger partial charge in [0.05, 0.1) is 12.7 Å². The molecule has 0 aliphatic carbocycles. The van der Waals surface area contributed by atoms with Gasteiger partial charge in [-0.15, -0.1) is 0 Å². The molecule has 94 valence electrons. The molecule has 4 nitrogen and oxygen atoms in total. The van der Waals surface area contributed by atoms with Crippen LogP contribution < -0.4 is 10.5 Å². The zero-order valence-electron chi connectivity index (χ0n) is 10.8. The van der Waals surface area contributed by atoms with E-state index >= 15 is 0 Å². The molecule has 2 aromatic rings. The van der Waals surface area contributed by atoms with E-state index in [1.165, 1.54) is 0 Å². The van der Waals surface area contributed by atoms with E-state index in [9.17, 15) is 0 Å². The van der Waals surface area contributed by atoms with Gasteiger partial charge in [-0.2, -0.15) is 0 Å². The van der Waals surface area contributed by atoms with Gasteiger partial charge in [0.2, 0.25) is 0 Å². The first-order chi connectivity index (χ1) is 8.63. The molecule has 0 fully saturated rings. The number of aryl methyl sites for hydroxylation is 1. The van der Waals surface area contributed by atoms with Crippen LogP contribution in [0, 0.1) is 6.92 Å². The molecular weight excluding hydrogens is 226 g/mol. The van der Waals surface area contributed by atoms with E-state index in [1.807, 2.05) is 38.1 Å². The van der Waals surface area contributed by atoms with Crippen LogP contribution in [0.15, 0.2) is 30.5 Å². The number of hydrogen-bond acceptors (Lipinski definition) is 4. The largest absolute Gasteiger partial charge is 0.496 e. The van der Waals surface area contributed by atoms with Gasteiger partial charge in [-0.25, -0.2) is 9.97 Å². The first-order valence-corrected chi connectivity index (χ1v) is 5.86. The molecule has 1 aromatic heterocycles. The number of para-hydroxylation sites is 1. The molecule has 0 saturated heterocycles. The van der Waals surface area contributed by atoms with Crippen LogP contribution >= 0.6 is 0 Å². The van der Waals surface area contributed by atoms with E-state index in [4.69, 9.17) is 10.5 Å². The van der Waals surface area contributed by atoms with Gasteiger partial charge in [0.1, 0.15) is 5.75 Å². The van der Waals surface area contributed by atoms with Crippen LogP contribution in [-0.4, -0.2) is 17.1 Å². The Balaban J connectivity index is 2.49. The minimum absolute atomic E-state index is 0.0586. The van der Waals surface area contributed by atoms with Crippen LogP contribution in [0.2, 0.25) is 0 Å². The monoisotopic (exact) mass is 243 g/mol. The lowest BCUT2D eigenvalue weighted by molar-refractivity contribution is 0.416. The van der Waals surface area contributed by atoms with Crippen molar-refractivity contribution in [1.29, 1.82) is 0 Å². The average molecular weight is 243 g/mol. The van der Waals surface area contributed by atoms with E-state index in [0.717, 1.165) is 22.6 Å². The quantitative estimate of drug-likeness (QED) is 0.899. The maximum atomic E-state index is 5.85. The van der Waals surface area contributed by atoms with Crippen LogP contribution in [0.1, 0.15) is 24.2 Å². The lowest BCUT2D eigenvalue weighted by atomic mass is 10.1. The zero-order valence-corrected chi connectivity index (χ0v) is 10.8. The summed E-state index contributed by atoms with van der Waals surface area (Å²) in [4.78, 5) is 8.87. The summed E-state index contributed by atoms with van der Waals surface area (Å²) in [6.07, 6.45) is 1.79. The highest BCUT2D eigenvalue weighted by Gasteiger charge is 2.11. The topological polar surface area (TPSA) is 61.0 Å². The fourth-order valence-corrected chi connectivity index (χ4v) is 1.88. The molecule has 0 spiro atoms. The number of methoxy groups -OCH3 is 1. The summed E-state index contributed by atoms with van der Waals surface area (Å²) in [6.45, 7) is 3.87. The van der Waals surface area contributed by atoms with Gasteiger partial charge in [-0.05, 0) is 26.0 Å². The summed E-state index contributed by atoms with van der Waals surface area (Å²) in [5.74, 6) is 1.43. The number of aromatic nitrogens is 2. The maximum absolute atomic E-state index is 5.85. The summed E-state index contributed by atoms with van der Waals surface area (Å²) < 4.78 is 5.31. The first-order valence-electron chi connectivity index (χ1n) is 5.86. The second-order valence-corrected chi connectivity index (χ2v) is 4.22. The summed E-state index contributed by atoms with van der Waals surface area (Å²) in [5, 5.41) is 0. The van der Waals surface area contributed by atoms with Crippen LogP contribution in [-0.2, 0) is 0 Å². The number of rotatable bonds is 3. The highest BCUT2D eigenvalue weighted by atomic mass is 16.5. The predicted molar refractivity (Wildman–Crippen MR) is 71.4 cm³/mol. The van der Waals surface area contributed by atoms with Crippen LogP contribution in [0.25, 0.3) is 11.4 Å². The van der Waals surface area contributed by atoms with Crippen molar-refractivity contribution in [2.24, 2.45) is 5.73 Å². The SMILES string of the molecule is COc1ccccc1-c1ncc([C@@H](C)N)c(C)n1. The molecule has 0 saturated carbocycles. The molecule has 2 N–H and O–H groups in total. The van der Waals surface area contributed by atoms with Crippen molar-refractivity contribution in [2.45, 2.75) is 19.9 Å². The van der Waals surface area contributed by atoms with Gasteiger partial charge in [0, 0.05) is 23.5 Å². The number of benzene rings is 1. The Bertz CT molecular complexity index is 552. The van der Waals surface area contributed by atoms with Crippen molar-refractivity contribution in [3.8, 4) is 17.1 Å². The summed E-state index contributed by atoms with van der Waals surface area (Å²) in [7, 11) is 1.64. The van der Waals surface area contributed by atoms with Gasteiger partial charge >= 0.3 is 0 Å². The normalized spacial score (nSPS) is 12.2. The molecule has 0 radical (unpaired) electrons. The Morgan fingerprint density at radius 3 is 2.61 bits per heavy atom. The molecule has 0 aliphatic heterocycles. The Morgan fingerprint density at radius 2 is 2.00 bits per heavy atom. The number of ether oxygens (including phenoxy) is 1. The summed E-state index contributed by atoms with van der Waals surface area (Å²) >= 11 is 0. The Labute approximate surface area is 107 Å². The van der Waals surface area contributed by atoms with Crippen LogP contribution in [0.3, 0.4) is 0 Å². The van der Waals surface area contributed by atoms with Gasteiger partial charge in [0.15, 0.2) is 5.82 Å². The standard InChI is InChI=1S/C14H17N3O/c1-9(15)12-8-16-14(17-10(12)2)11-6-4-5-7-13(11)18-3/h4-9H,15H2,1-3H3/t9-/m1/s1. The van der Waals surface area contributed by atoms with Crippen LogP contribution in [0.5, 0.6) is 5.75 Å². The minimum atomic E-state index is -0.0586. The second-order valence-electron chi connectivity index (χ2n) is 4.22. The predicted octanol–water partition coefficient (Wildman–Crippen LogP) is 2.48. The average Bonchev–Trinajstić information content (AvgIpc) is 2.38. The Kier molecular flexibility index (Phi) is 3.58. The third-order valence-corrected chi connectivity index (χ3v) is 2.86. The highest BCUT2D eigenvalue weighted by molar-refractivity contribution is 5.64. The van der Waals surface area contributed by atoms with Gasteiger partial charge in [0.25, 0.3) is 0 Å². The molecule has 0 aliphatic rings. The fraction of sp³-hybridized carbons (Fsp3) is 0.286. The van der Waals surface area contributed by atoms with E-state index in [-0.39, 0.29) is 6.04 Å². The van der Waals surface area contributed by atoms with Gasteiger partial charge in [-0.3, -0.25) is 0 Å². The first kappa shape index (κ1) is 12.5. The Morgan fingerprint density at radius 1 is 1.28 bits per heavy atom. The number of nitrogens with two attached hydrogens (primary N) is 1. The van der Waals surface area contributed by atoms with Gasteiger partial charge in [-0.1, -0.05) is 12.1 Å². The lowest BCUT2D eigenvalue weighted by Gasteiger charge is -2.11. The molecule has 1 atom stereocenters. The van der Waals surface area contributed by atoms with E-state index in [2.05, 4.69) is 9.97 Å². The lowest BCUT2D eigenvalue weighted by Crippen LogP contribution is -2.09. The third kappa shape index (κ3) is 2.33. The van der Waals surface area contributed by atoms with Crippen molar-refractivity contribution in [2.75, 3.05) is 7.11 Å². The smallest absolute Gasteiger partial charge is 0.163 e. The van der Waals surface area contributed by atoms with Crippen molar-refractivity contribution in [1.82, 2.24) is 9.97 Å². The second kappa shape index (κ2) is 5.14. The van der Waals surface area contributed by atoms with Crippen LogP contribution in [0.4, 0.5) is 0 Å². The molecule has 0 bridgehead atoms. The highest BCUT2D eigenvalue weighted by Crippen LogP contribution is 2.27. The van der Waals surface area contributed by atoms with Gasteiger partial charge < -0.3 is 10.5 Å². The summed E-state index contributed by atoms with van der Waals surface area (Å²) in [5.41, 5.74) is 8.61. The number of nitrogens with zero attached hydrogens (tertiary/aromatic N) is 2. The van der Waals surface area contributed by atoms with E-state index in [1.54, 1.807) is 13.3 Å². The van der Waals surface area contributed by atoms with Crippen molar-refractivity contribution in [3.05, 3.63) is 41.7 Å². The van der Waals surface area contributed by atoms with Crippen molar-refractivity contribution >= 4 is 0 Å².